The van der Waals surface area contributed by atoms with Crippen molar-refractivity contribution in [3.8, 4) is 0 Å². The minimum absolute atomic E-state index is 0. The maximum Gasteiger partial charge on any atom is 0.175 e. The van der Waals surface area contributed by atoms with Crippen molar-refractivity contribution in [1.82, 2.24) is 0 Å². The summed E-state index contributed by atoms with van der Waals surface area (Å²) in [6, 6.07) is 0. The summed E-state index contributed by atoms with van der Waals surface area (Å²) in [5.41, 5.74) is 0. The second kappa shape index (κ2) is 2.93. The predicted molar refractivity (Wildman–Crippen MR) is 14.6 cm³/mol. The summed E-state index contributed by atoms with van der Waals surface area (Å²) in [5.74, 6) is 0. The van der Waals surface area contributed by atoms with Gasteiger partial charge in [-0.1, -0.05) is 0 Å². The molecule has 0 aromatic carbocycles. The summed E-state index contributed by atoms with van der Waals surface area (Å²) < 4.78 is 0. The molecule has 1 rings (SSSR count). The molecule has 0 fully saturated rings. The first-order valence-electron chi connectivity index (χ1n) is 1.23. The number of hydrogen-bond donors (Lipinski definition) is 0. The molecule has 4 nitrogen and oxygen atoms in total. The van der Waals surface area contributed by atoms with Crippen molar-refractivity contribution in [3.63, 3.8) is 0 Å². The molecular weight excluding hydrogens is 123 g/mol. The van der Waals surface area contributed by atoms with E-state index in [-0.39, 0.29) is 17.1 Å². The third kappa shape index (κ3) is 1.23. The molecule has 0 N–H and O–H groups in total. The van der Waals surface area contributed by atoms with E-state index in [9.17, 15) is 0 Å². The van der Waals surface area contributed by atoms with Gasteiger partial charge in [-0.15, -0.1) is 10.2 Å². The van der Waals surface area contributed by atoms with Crippen molar-refractivity contribution in [3.05, 3.63) is 0 Å². The Balaban J connectivity index is 0.000000250. The fourth-order valence-electron chi connectivity index (χ4n) is 0.141. The Labute approximate surface area is 45.2 Å². The normalized spacial score (nSPS) is 14.7. The monoisotopic (exact) mass is 125 g/mol. The van der Waals surface area contributed by atoms with Crippen molar-refractivity contribution >= 4 is 0 Å². The van der Waals surface area contributed by atoms with Gasteiger partial charge in [-0.2, -0.15) is 0 Å². The van der Waals surface area contributed by atoms with Crippen LogP contribution in [0.5, 0.6) is 0 Å². The molecule has 0 amide bonds. The van der Waals surface area contributed by atoms with Crippen LogP contribution in [0.25, 0.3) is 0 Å². The van der Waals surface area contributed by atoms with Crippen LogP contribution in [0.15, 0.2) is 20.7 Å². The van der Waals surface area contributed by atoms with Gasteiger partial charge in [0.15, 0.2) is 6.67 Å². The Morgan fingerprint density at radius 3 is 1.67 bits per heavy atom. The quantitative estimate of drug-likeness (QED) is 0.429. The number of hydrogen-bond acceptors (Lipinski definition) is 4. The van der Waals surface area contributed by atoms with Crippen molar-refractivity contribution < 1.29 is 17.1 Å². The minimum Gasteiger partial charge on any atom is -0.142 e. The van der Waals surface area contributed by atoms with E-state index >= 15 is 0 Å². The Hall–Kier alpha value is -0.281. The van der Waals surface area contributed by atoms with Crippen LogP contribution >= 0.6 is 0 Å². The topological polar surface area (TPSA) is 49.4 Å². The first kappa shape index (κ1) is 5.72. The Kier molecular flexibility index (Phi) is 2.79. The van der Waals surface area contributed by atoms with Gasteiger partial charge in [0, 0.05) is 17.1 Å². The third-order valence-corrected chi connectivity index (χ3v) is 0.293. The molecule has 5 heteroatoms. The van der Waals surface area contributed by atoms with Crippen molar-refractivity contribution in [1.29, 1.82) is 0 Å². The molecule has 0 aromatic heterocycles. The molecule has 1 heterocycles. The predicted octanol–water partition coefficient (Wildman–Crippen LogP) is 0.774. The van der Waals surface area contributed by atoms with Gasteiger partial charge >= 0.3 is 0 Å². The fraction of sp³-hybridized carbons (Fsp3) is 1.00. The summed E-state index contributed by atoms with van der Waals surface area (Å²) in [6.07, 6.45) is 0. The zero-order chi connectivity index (χ0) is 3.54. The van der Waals surface area contributed by atoms with E-state index in [0.717, 1.165) is 0 Å². The van der Waals surface area contributed by atoms with Crippen LogP contribution in [0.4, 0.5) is 0 Å². The minimum atomic E-state index is 0. The van der Waals surface area contributed by atoms with E-state index in [0.29, 0.717) is 6.67 Å². The van der Waals surface area contributed by atoms with Gasteiger partial charge in [-0.25, -0.2) is 0 Å². The molecule has 1 radical (unpaired) electrons. The molecule has 0 saturated carbocycles. The molecule has 33 valence electrons. The maximum atomic E-state index is 3.38. The molecule has 0 aliphatic carbocycles. The fourth-order valence-corrected chi connectivity index (χ4v) is 0.141. The molecular formula is CH2MnN4. The van der Waals surface area contributed by atoms with E-state index < -0.39 is 0 Å². The van der Waals surface area contributed by atoms with Crippen LogP contribution in [0.2, 0.25) is 0 Å². The summed E-state index contributed by atoms with van der Waals surface area (Å²) in [7, 11) is 0. The van der Waals surface area contributed by atoms with Gasteiger partial charge in [0.1, 0.15) is 0 Å². The number of rotatable bonds is 0. The van der Waals surface area contributed by atoms with Crippen molar-refractivity contribution in [2.24, 2.45) is 20.7 Å². The molecule has 6 heavy (non-hydrogen) atoms. The van der Waals surface area contributed by atoms with Gasteiger partial charge in [0.25, 0.3) is 0 Å². The summed E-state index contributed by atoms with van der Waals surface area (Å²) in [6.45, 7) is 0.417. The molecule has 0 unspecified atom stereocenters. The van der Waals surface area contributed by atoms with Crippen LogP contribution < -0.4 is 0 Å². The summed E-state index contributed by atoms with van der Waals surface area (Å²) in [4.78, 5) is 0. The van der Waals surface area contributed by atoms with Gasteiger partial charge < -0.3 is 0 Å². The Morgan fingerprint density at radius 1 is 1.00 bits per heavy atom. The van der Waals surface area contributed by atoms with E-state index in [1.165, 1.54) is 0 Å². The summed E-state index contributed by atoms with van der Waals surface area (Å²) >= 11 is 0. The van der Waals surface area contributed by atoms with Crippen molar-refractivity contribution in [2.45, 2.75) is 0 Å². The maximum absolute atomic E-state index is 3.38. The van der Waals surface area contributed by atoms with Crippen LogP contribution in [0, 0.1) is 0 Å². The molecule has 0 atom stereocenters. The van der Waals surface area contributed by atoms with Gasteiger partial charge in [0.2, 0.25) is 0 Å². The zero-order valence-corrected chi connectivity index (χ0v) is 4.05. The average molecular weight is 125 g/mol. The molecule has 1 aliphatic rings. The van der Waals surface area contributed by atoms with Gasteiger partial charge in [-0.3, -0.25) is 0 Å². The first-order chi connectivity index (χ1) is 2.50. The largest absolute Gasteiger partial charge is 0.175 e. The van der Waals surface area contributed by atoms with Crippen molar-refractivity contribution in [2.75, 3.05) is 6.67 Å². The molecule has 0 aromatic rings. The molecule has 0 saturated heterocycles. The second-order valence-electron chi connectivity index (χ2n) is 0.603. The zero-order valence-electron chi connectivity index (χ0n) is 2.87. The van der Waals surface area contributed by atoms with Gasteiger partial charge in [0.05, 0.1) is 0 Å². The van der Waals surface area contributed by atoms with E-state index in [4.69, 9.17) is 0 Å². The SMILES string of the molecule is C1N=NN=N1.[Mn]. The Morgan fingerprint density at radius 2 is 1.50 bits per heavy atom. The van der Waals surface area contributed by atoms with Crippen LogP contribution in [-0.2, 0) is 17.1 Å². The van der Waals surface area contributed by atoms with E-state index in [1.54, 1.807) is 0 Å². The van der Waals surface area contributed by atoms with Gasteiger partial charge in [-0.05, 0) is 10.4 Å². The number of nitrogens with zero attached hydrogens (tertiary/aromatic N) is 4. The second-order valence-corrected chi connectivity index (χ2v) is 0.603. The Bertz CT molecular complexity index is 65.6. The standard InChI is InChI=1S/CH2N4.Mn/c1-2-4-5-3-1;/h1H2;. The van der Waals surface area contributed by atoms with Crippen LogP contribution in [0.1, 0.15) is 0 Å². The average Bonchev–Trinajstić information content (AvgIpc) is 1.76. The van der Waals surface area contributed by atoms with E-state index in [1.807, 2.05) is 0 Å². The smallest absolute Gasteiger partial charge is 0.142 e. The molecule has 0 spiro atoms. The molecule has 1 aliphatic heterocycles. The third-order valence-electron chi connectivity index (χ3n) is 0.293. The van der Waals surface area contributed by atoms with Crippen LogP contribution in [0.3, 0.4) is 0 Å². The van der Waals surface area contributed by atoms with E-state index in [2.05, 4.69) is 20.7 Å². The summed E-state index contributed by atoms with van der Waals surface area (Å²) in [5, 5.41) is 13.1. The molecule has 0 bridgehead atoms. The first-order valence-corrected chi connectivity index (χ1v) is 1.23. The van der Waals surface area contributed by atoms with Crippen LogP contribution in [-0.4, -0.2) is 6.67 Å².